The molecule has 1 aliphatic carbocycles. The minimum atomic E-state index is -0.945. The van der Waals surface area contributed by atoms with Gasteiger partial charge < -0.3 is 10.4 Å². The molecule has 0 aromatic carbocycles. The first-order chi connectivity index (χ1) is 9.02. The molecule has 5 heteroatoms. The molecule has 1 aromatic rings. The van der Waals surface area contributed by atoms with E-state index in [0.29, 0.717) is 17.1 Å². The summed E-state index contributed by atoms with van der Waals surface area (Å²) in [5.74, 6) is 0.257. The van der Waals surface area contributed by atoms with Crippen LogP contribution < -0.4 is 5.32 Å². The fourth-order valence-electron chi connectivity index (χ4n) is 2.25. The molecular formula is C14H21N3O2. The molecular weight excluding hydrogens is 242 g/mol. The van der Waals surface area contributed by atoms with Crippen LogP contribution in [-0.2, 0) is 0 Å². The van der Waals surface area contributed by atoms with Gasteiger partial charge in [-0.05, 0) is 38.2 Å². The fourth-order valence-corrected chi connectivity index (χ4v) is 2.25. The van der Waals surface area contributed by atoms with Crippen LogP contribution in [0.2, 0.25) is 0 Å². The van der Waals surface area contributed by atoms with Crippen molar-refractivity contribution in [2.75, 3.05) is 5.32 Å². The third kappa shape index (κ3) is 3.22. The van der Waals surface area contributed by atoms with Crippen molar-refractivity contribution < 1.29 is 9.90 Å². The molecule has 1 fully saturated rings. The molecule has 0 radical (unpaired) electrons. The monoisotopic (exact) mass is 263 g/mol. The van der Waals surface area contributed by atoms with E-state index in [0.717, 1.165) is 18.8 Å². The zero-order chi connectivity index (χ0) is 14.0. The molecule has 19 heavy (non-hydrogen) atoms. The van der Waals surface area contributed by atoms with Crippen LogP contribution in [0.4, 0.5) is 5.82 Å². The van der Waals surface area contributed by atoms with Gasteiger partial charge in [-0.25, -0.2) is 4.79 Å². The number of carboxylic acid groups (broad SMARTS) is 1. The van der Waals surface area contributed by atoms with Gasteiger partial charge in [0, 0.05) is 6.04 Å². The summed E-state index contributed by atoms with van der Waals surface area (Å²) in [6.07, 6.45) is 4.64. The molecule has 0 amide bonds. The van der Waals surface area contributed by atoms with Crippen LogP contribution in [0, 0.1) is 19.8 Å². The lowest BCUT2D eigenvalue weighted by molar-refractivity contribution is 0.0696. The Morgan fingerprint density at radius 3 is 2.63 bits per heavy atom. The summed E-state index contributed by atoms with van der Waals surface area (Å²) in [7, 11) is 0. The van der Waals surface area contributed by atoms with Gasteiger partial charge in [-0.3, -0.25) is 0 Å². The number of anilines is 1. The van der Waals surface area contributed by atoms with E-state index in [1.165, 1.54) is 12.8 Å². The van der Waals surface area contributed by atoms with Crippen LogP contribution in [0.25, 0.3) is 0 Å². The van der Waals surface area contributed by atoms with Gasteiger partial charge in [-0.1, -0.05) is 19.8 Å². The normalized spacial score (nSPS) is 16.2. The van der Waals surface area contributed by atoms with Crippen LogP contribution in [0.15, 0.2) is 0 Å². The summed E-state index contributed by atoms with van der Waals surface area (Å²) in [5, 5.41) is 20.7. The second-order valence-electron chi connectivity index (χ2n) is 5.37. The van der Waals surface area contributed by atoms with Gasteiger partial charge in [0.05, 0.1) is 5.69 Å². The van der Waals surface area contributed by atoms with Gasteiger partial charge in [0.25, 0.3) is 0 Å². The molecule has 0 bridgehead atoms. The highest BCUT2D eigenvalue weighted by atomic mass is 16.4. The van der Waals surface area contributed by atoms with E-state index >= 15 is 0 Å². The number of hydrogen-bond acceptors (Lipinski definition) is 4. The van der Waals surface area contributed by atoms with E-state index in [-0.39, 0.29) is 11.6 Å². The number of carboxylic acids is 1. The van der Waals surface area contributed by atoms with Crippen LogP contribution in [-0.4, -0.2) is 27.3 Å². The third-order valence-corrected chi connectivity index (χ3v) is 3.82. The number of nitrogens with zero attached hydrogens (tertiary/aromatic N) is 2. The third-order valence-electron chi connectivity index (χ3n) is 3.82. The average molecular weight is 263 g/mol. The van der Waals surface area contributed by atoms with E-state index in [1.807, 2.05) is 0 Å². The fraction of sp³-hybridized carbons (Fsp3) is 0.643. The van der Waals surface area contributed by atoms with Gasteiger partial charge in [0.15, 0.2) is 5.82 Å². The van der Waals surface area contributed by atoms with Crippen molar-refractivity contribution in [1.82, 2.24) is 10.2 Å². The zero-order valence-corrected chi connectivity index (χ0v) is 11.7. The van der Waals surface area contributed by atoms with Crippen LogP contribution in [0.5, 0.6) is 0 Å². The van der Waals surface area contributed by atoms with Gasteiger partial charge in [0.1, 0.15) is 5.56 Å². The second-order valence-corrected chi connectivity index (χ2v) is 5.37. The van der Waals surface area contributed by atoms with Crippen molar-refractivity contribution in [2.24, 2.45) is 5.92 Å². The Morgan fingerprint density at radius 1 is 1.42 bits per heavy atom. The SMILES string of the molecule is CCC(CC1CC1)Nc1nnc(C)c(C)c1C(=O)O. The van der Waals surface area contributed by atoms with E-state index in [2.05, 4.69) is 22.4 Å². The molecule has 2 N–H and O–H groups in total. The maximum absolute atomic E-state index is 11.4. The van der Waals surface area contributed by atoms with E-state index in [9.17, 15) is 9.90 Å². The summed E-state index contributed by atoms with van der Waals surface area (Å²) in [5.41, 5.74) is 1.60. The highest BCUT2D eigenvalue weighted by Crippen LogP contribution is 2.35. The topological polar surface area (TPSA) is 75.1 Å². The Balaban J connectivity index is 2.22. The summed E-state index contributed by atoms with van der Waals surface area (Å²) in [6.45, 7) is 5.66. The molecule has 2 rings (SSSR count). The van der Waals surface area contributed by atoms with Crippen LogP contribution >= 0.6 is 0 Å². The number of aromatic carboxylic acids is 1. The summed E-state index contributed by atoms with van der Waals surface area (Å²) >= 11 is 0. The molecule has 104 valence electrons. The maximum Gasteiger partial charge on any atom is 0.339 e. The van der Waals surface area contributed by atoms with Gasteiger partial charge in [0.2, 0.25) is 0 Å². The Bertz CT molecular complexity index is 484. The van der Waals surface area contributed by atoms with Crippen LogP contribution in [0.1, 0.15) is 54.2 Å². The molecule has 5 nitrogen and oxygen atoms in total. The molecule has 0 spiro atoms. The van der Waals surface area contributed by atoms with Crippen molar-refractivity contribution in [1.29, 1.82) is 0 Å². The maximum atomic E-state index is 11.4. The average Bonchev–Trinajstić information content (AvgIpc) is 3.16. The lowest BCUT2D eigenvalue weighted by atomic mass is 10.1. The van der Waals surface area contributed by atoms with Crippen molar-refractivity contribution >= 4 is 11.8 Å². The van der Waals surface area contributed by atoms with Gasteiger partial charge in [-0.2, -0.15) is 5.10 Å². The zero-order valence-electron chi connectivity index (χ0n) is 11.7. The molecule has 1 unspecified atom stereocenters. The summed E-state index contributed by atoms with van der Waals surface area (Å²) in [6, 6.07) is 0.280. The molecule has 1 aliphatic rings. The van der Waals surface area contributed by atoms with Crippen LogP contribution in [0.3, 0.4) is 0 Å². The van der Waals surface area contributed by atoms with Gasteiger partial charge in [-0.15, -0.1) is 5.10 Å². The lowest BCUT2D eigenvalue weighted by Gasteiger charge is -2.19. The number of nitrogens with one attached hydrogen (secondary N) is 1. The lowest BCUT2D eigenvalue weighted by Crippen LogP contribution is -2.23. The van der Waals surface area contributed by atoms with Crippen molar-refractivity contribution in [3.8, 4) is 0 Å². The second kappa shape index (κ2) is 5.55. The van der Waals surface area contributed by atoms with Gasteiger partial charge >= 0.3 is 5.97 Å². The molecule has 0 saturated heterocycles. The van der Waals surface area contributed by atoms with Crippen molar-refractivity contribution in [2.45, 2.75) is 52.5 Å². The molecule has 1 aromatic heterocycles. The minimum Gasteiger partial charge on any atom is -0.478 e. The first-order valence-electron chi connectivity index (χ1n) is 6.86. The number of aryl methyl sites for hydroxylation is 1. The first kappa shape index (κ1) is 13.8. The van der Waals surface area contributed by atoms with E-state index < -0.39 is 5.97 Å². The highest BCUT2D eigenvalue weighted by Gasteiger charge is 2.26. The van der Waals surface area contributed by atoms with Crippen molar-refractivity contribution in [3.05, 3.63) is 16.8 Å². The Kier molecular flexibility index (Phi) is 4.02. The minimum absolute atomic E-state index is 0.252. The molecule has 0 aliphatic heterocycles. The molecule has 1 atom stereocenters. The predicted octanol–water partition coefficient (Wildman–Crippen LogP) is 2.78. The van der Waals surface area contributed by atoms with Crippen molar-refractivity contribution in [3.63, 3.8) is 0 Å². The predicted molar refractivity (Wildman–Crippen MR) is 73.5 cm³/mol. The standard InChI is InChI=1S/C14H21N3O2/c1-4-11(7-10-5-6-10)15-13-12(14(18)19)8(2)9(3)16-17-13/h10-11H,4-7H2,1-3H3,(H,15,17)(H,18,19). The Morgan fingerprint density at radius 2 is 2.11 bits per heavy atom. The summed E-state index contributed by atoms with van der Waals surface area (Å²) < 4.78 is 0. The highest BCUT2D eigenvalue weighted by molar-refractivity contribution is 5.94. The number of rotatable bonds is 6. The summed E-state index contributed by atoms with van der Waals surface area (Å²) in [4.78, 5) is 11.4. The number of hydrogen-bond donors (Lipinski definition) is 2. The molecule has 1 heterocycles. The number of carbonyl (C=O) groups is 1. The Labute approximate surface area is 113 Å². The van der Waals surface area contributed by atoms with E-state index in [4.69, 9.17) is 0 Å². The quantitative estimate of drug-likeness (QED) is 0.825. The largest absolute Gasteiger partial charge is 0.478 e. The smallest absolute Gasteiger partial charge is 0.339 e. The first-order valence-corrected chi connectivity index (χ1v) is 6.86. The number of aromatic nitrogens is 2. The molecule has 1 saturated carbocycles. The Hall–Kier alpha value is -1.65. The van der Waals surface area contributed by atoms with E-state index in [1.54, 1.807) is 13.8 Å².